The van der Waals surface area contributed by atoms with Crippen molar-refractivity contribution in [1.29, 1.82) is 0 Å². The number of aliphatic hydroxyl groups excluding tert-OH is 1. The highest BCUT2D eigenvalue weighted by Crippen LogP contribution is 2.38. The SMILES string of the molecule is O=C(CNC(=O)c1cc2sc(Cl)c(Cl)c2[nH]1)NCCCCO. The second-order valence-electron chi connectivity index (χ2n) is 4.58. The van der Waals surface area contributed by atoms with Crippen molar-refractivity contribution < 1.29 is 14.7 Å². The van der Waals surface area contributed by atoms with Crippen molar-refractivity contribution >= 4 is 56.6 Å². The van der Waals surface area contributed by atoms with Crippen LogP contribution in [0.1, 0.15) is 23.3 Å². The van der Waals surface area contributed by atoms with E-state index in [1.165, 1.54) is 11.3 Å². The summed E-state index contributed by atoms with van der Waals surface area (Å²) >= 11 is 13.2. The zero-order valence-electron chi connectivity index (χ0n) is 11.5. The summed E-state index contributed by atoms with van der Waals surface area (Å²) in [6, 6.07) is 1.65. The van der Waals surface area contributed by atoms with Gasteiger partial charge in [0.1, 0.15) is 10.0 Å². The first kappa shape index (κ1) is 17.1. The number of hydrogen-bond acceptors (Lipinski definition) is 4. The second-order valence-corrected chi connectivity index (χ2v) is 6.61. The van der Waals surface area contributed by atoms with Crippen LogP contribution in [0, 0.1) is 0 Å². The molecule has 0 saturated heterocycles. The summed E-state index contributed by atoms with van der Waals surface area (Å²) in [4.78, 5) is 26.4. The Morgan fingerprint density at radius 2 is 2.05 bits per heavy atom. The van der Waals surface area contributed by atoms with E-state index < -0.39 is 0 Å². The number of carbonyl (C=O) groups is 2. The van der Waals surface area contributed by atoms with Crippen LogP contribution in [0.2, 0.25) is 9.36 Å². The predicted molar refractivity (Wildman–Crippen MR) is 87.9 cm³/mol. The van der Waals surface area contributed by atoms with Gasteiger partial charge in [0.15, 0.2) is 0 Å². The molecule has 0 radical (unpaired) electrons. The van der Waals surface area contributed by atoms with E-state index in [-0.39, 0.29) is 25.0 Å². The van der Waals surface area contributed by atoms with E-state index >= 15 is 0 Å². The van der Waals surface area contributed by atoms with E-state index in [1.807, 2.05) is 0 Å². The fraction of sp³-hybridized carbons (Fsp3) is 0.385. The largest absolute Gasteiger partial charge is 0.396 e. The van der Waals surface area contributed by atoms with Gasteiger partial charge in [0.05, 0.1) is 21.8 Å². The van der Waals surface area contributed by atoms with Crippen molar-refractivity contribution in [3.8, 4) is 0 Å². The maximum Gasteiger partial charge on any atom is 0.268 e. The van der Waals surface area contributed by atoms with Crippen molar-refractivity contribution in [3.63, 3.8) is 0 Å². The Balaban J connectivity index is 1.84. The molecule has 22 heavy (non-hydrogen) atoms. The first-order chi connectivity index (χ1) is 10.5. The third-order valence-corrected chi connectivity index (χ3v) is 4.87. The van der Waals surface area contributed by atoms with Gasteiger partial charge >= 0.3 is 0 Å². The van der Waals surface area contributed by atoms with Crippen LogP contribution in [0.25, 0.3) is 10.2 Å². The van der Waals surface area contributed by atoms with E-state index in [1.54, 1.807) is 6.07 Å². The molecule has 0 unspecified atom stereocenters. The number of fused-ring (bicyclic) bond motifs is 1. The lowest BCUT2D eigenvalue weighted by molar-refractivity contribution is -0.120. The minimum absolute atomic E-state index is 0.100. The molecule has 2 heterocycles. The Morgan fingerprint density at radius 1 is 1.27 bits per heavy atom. The van der Waals surface area contributed by atoms with Gasteiger partial charge in [-0.3, -0.25) is 9.59 Å². The number of aromatic amines is 1. The van der Waals surface area contributed by atoms with Gasteiger partial charge in [-0.25, -0.2) is 0 Å². The molecule has 0 aliphatic carbocycles. The number of thiophene rings is 1. The molecule has 2 rings (SSSR count). The Labute approximate surface area is 140 Å². The van der Waals surface area contributed by atoms with Gasteiger partial charge in [-0.05, 0) is 18.9 Å². The van der Waals surface area contributed by atoms with Crippen molar-refractivity contribution in [3.05, 3.63) is 21.1 Å². The molecule has 2 amide bonds. The van der Waals surface area contributed by atoms with Crippen LogP contribution in [0.5, 0.6) is 0 Å². The summed E-state index contributed by atoms with van der Waals surface area (Å²) in [7, 11) is 0. The van der Waals surface area contributed by atoms with Gasteiger partial charge in [-0.1, -0.05) is 23.2 Å². The lowest BCUT2D eigenvalue weighted by Crippen LogP contribution is -2.37. The summed E-state index contributed by atoms with van der Waals surface area (Å²) in [6.45, 7) is 0.462. The highest BCUT2D eigenvalue weighted by atomic mass is 35.5. The van der Waals surface area contributed by atoms with Crippen LogP contribution in [-0.4, -0.2) is 41.6 Å². The molecular weight excluding hydrogens is 349 g/mol. The van der Waals surface area contributed by atoms with Gasteiger partial charge in [0, 0.05) is 13.2 Å². The first-order valence-corrected chi connectivity index (χ1v) is 8.22. The summed E-state index contributed by atoms with van der Waals surface area (Å²) < 4.78 is 1.26. The average Bonchev–Trinajstić information content (AvgIpc) is 3.02. The molecule has 2 aromatic rings. The van der Waals surface area contributed by atoms with E-state index in [0.29, 0.717) is 40.0 Å². The molecule has 0 saturated carbocycles. The van der Waals surface area contributed by atoms with Crippen LogP contribution in [0.15, 0.2) is 6.07 Å². The van der Waals surface area contributed by atoms with Crippen molar-refractivity contribution in [1.82, 2.24) is 15.6 Å². The van der Waals surface area contributed by atoms with Crippen molar-refractivity contribution in [2.45, 2.75) is 12.8 Å². The number of halogens is 2. The standard InChI is InChI=1S/C13H15Cl2N3O3S/c14-10-11-8(22-12(10)15)5-7(18-11)13(21)17-6-9(20)16-3-1-2-4-19/h5,18-19H,1-4,6H2,(H,16,20)(H,17,21). The van der Waals surface area contributed by atoms with Crippen LogP contribution in [0.3, 0.4) is 0 Å². The average molecular weight is 364 g/mol. The quantitative estimate of drug-likeness (QED) is 0.567. The number of hydrogen-bond donors (Lipinski definition) is 4. The van der Waals surface area contributed by atoms with Gasteiger partial charge in [0.25, 0.3) is 5.91 Å². The number of rotatable bonds is 7. The van der Waals surface area contributed by atoms with E-state index in [4.69, 9.17) is 28.3 Å². The van der Waals surface area contributed by atoms with E-state index in [2.05, 4.69) is 15.6 Å². The molecule has 0 fully saturated rings. The fourth-order valence-corrected chi connectivity index (χ4v) is 3.31. The third kappa shape index (κ3) is 4.13. The molecule has 4 N–H and O–H groups in total. The number of amides is 2. The Kier molecular flexibility index (Phi) is 6.07. The predicted octanol–water partition coefficient (Wildman–Crippen LogP) is 2.15. The number of nitrogens with one attached hydrogen (secondary N) is 3. The first-order valence-electron chi connectivity index (χ1n) is 6.65. The molecular formula is C13H15Cl2N3O3S. The van der Waals surface area contributed by atoms with Gasteiger partial charge in [0.2, 0.25) is 5.91 Å². The topological polar surface area (TPSA) is 94.2 Å². The van der Waals surface area contributed by atoms with E-state index in [9.17, 15) is 9.59 Å². The third-order valence-electron chi connectivity index (χ3n) is 2.93. The molecule has 0 aromatic carbocycles. The maximum absolute atomic E-state index is 12.0. The number of unbranched alkanes of at least 4 members (excludes halogenated alkanes) is 1. The number of H-pyrrole nitrogens is 1. The van der Waals surface area contributed by atoms with Gasteiger partial charge in [-0.15, -0.1) is 11.3 Å². The van der Waals surface area contributed by atoms with Crippen LogP contribution >= 0.6 is 34.5 Å². The minimum Gasteiger partial charge on any atom is -0.396 e. The summed E-state index contributed by atoms with van der Waals surface area (Å²) in [5.41, 5.74) is 0.947. The van der Waals surface area contributed by atoms with E-state index in [0.717, 1.165) is 4.70 Å². The second kappa shape index (κ2) is 7.82. The fourth-order valence-electron chi connectivity index (χ4n) is 1.82. The molecule has 0 bridgehead atoms. The molecule has 120 valence electrons. The zero-order chi connectivity index (χ0) is 16.1. The number of aromatic nitrogens is 1. The van der Waals surface area contributed by atoms with Crippen LogP contribution < -0.4 is 10.6 Å². The number of aliphatic hydroxyl groups is 1. The Bertz CT molecular complexity index is 683. The molecule has 2 aromatic heterocycles. The summed E-state index contributed by atoms with van der Waals surface area (Å²) in [5.74, 6) is -0.665. The van der Waals surface area contributed by atoms with Crippen molar-refractivity contribution in [2.24, 2.45) is 0 Å². The zero-order valence-corrected chi connectivity index (χ0v) is 13.9. The van der Waals surface area contributed by atoms with Crippen LogP contribution in [-0.2, 0) is 4.79 Å². The highest BCUT2D eigenvalue weighted by Gasteiger charge is 2.16. The molecule has 6 nitrogen and oxygen atoms in total. The number of carbonyl (C=O) groups excluding carboxylic acids is 2. The summed E-state index contributed by atoms with van der Waals surface area (Å²) in [5, 5.41) is 14.2. The molecule has 0 aliphatic heterocycles. The summed E-state index contributed by atoms with van der Waals surface area (Å²) in [6.07, 6.45) is 1.33. The molecule has 0 spiro atoms. The smallest absolute Gasteiger partial charge is 0.268 e. The van der Waals surface area contributed by atoms with Gasteiger partial charge in [-0.2, -0.15) is 0 Å². The normalized spacial score (nSPS) is 10.9. The molecule has 9 heteroatoms. The minimum atomic E-state index is -0.388. The van der Waals surface area contributed by atoms with Crippen LogP contribution in [0.4, 0.5) is 0 Å². The highest BCUT2D eigenvalue weighted by molar-refractivity contribution is 7.23. The Hall–Kier alpha value is -1.28. The van der Waals surface area contributed by atoms with Gasteiger partial charge < -0.3 is 20.7 Å². The lowest BCUT2D eigenvalue weighted by atomic mass is 10.3. The molecule has 0 aliphatic rings. The molecule has 0 atom stereocenters. The Morgan fingerprint density at radius 3 is 2.73 bits per heavy atom. The van der Waals surface area contributed by atoms with Crippen molar-refractivity contribution in [2.75, 3.05) is 19.7 Å². The maximum atomic E-state index is 12.0. The lowest BCUT2D eigenvalue weighted by Gasteiger charge is -2.05. The monoisotopic (exact) mass is 363 g/mol.